The Morgan fingerprint density at radius 2 is 2.12 bits per heavy atom. The third-order valence-corrected chi connectivity index (χ3v) is 4.12. The van der Waals surface area contributed by atoms with E-state index in [1.54, 1.807) is 12.1 Å². The van der Waals surface area contributed by atoms with Crippen molar-refractivity contribution in [1.29, 1.82) is 0 Å². The monoisotopic (exact) mass is 334 g/mol. The van der Waals surface area contributed by atoms with Gasteiger partial charge in [0.2, 0.25) is 0 Å². The molecule has 4 aromatic rings. The largest absolute Gasteiger partial charge is 0.487 e. The van der Waals surface area contributed by atoms with Crippen LogP contribution >= 0.6 is 0 Å². The van der Waals surface area contributed by atoms with Crippen molar-refractivity contribution in [1.82, 2.24) is 9.38 Å². The number of nitrogens with zero attached hydrogens (tertiary/aromatic N) is 2. The predicted molar refractivity (Wildman–Crippen MR) is 96.0 cm³/mol. The van der Waals surface area contributed by atoms with E-state index in [9.17, 15) is 4.79 Å². The zero-order chi connectivity index (χ0) is 17.2. The Morgan fingerprint density at radius 1 is 1.20 bits per heavy atom. The third-order valence-electron chi connectivity index (χ3n) is 4.12. The van der Waals surface area contributed by atoms with Gasteiger partial charge in [-0.3, -0.25) is 0 Å². The van der Waals surface area contributed by atoms with Gasteiger partial charge >= 0.3 is 5.63 Å². The summed E-state index contributed by atoms with van der Waals surface area (Å²) >= 11 is 0. The second-order valence-electron chi connectivity index (χ2n) is 5.99. The fraction of sp³-hybridized carbons (Fsp3) is 0.200. The maximum absolute atomic E-state index is 11.7. The van der Waals surface area contributed by atoms with E-state index in [1.807, 2.05) is 47.1 Å². The second kappa shape index (κ2) is 6.43. The van der Waals surface area contributed by atoms with Crippen molar-refractivity contribution in [3.05, 3.63) is 76.5 Å². The summed E-state index contributed by atoms with van der Waals surface area (Å²) < 4.78 is 13.1. The quantitative estimate of drug-likeness (QED) is 0.518. The maximum Gasteiger partial charge on any atom is 0.336 e. The van der Waals surface area contributed by atoms with Crippen LogP contribution in [0.25, 0.3) is 16.6 Å². The lowest BCUT2D eigenvalue weighted by molar-refractivity contribution is 0.302. The lowest BCUT2D eigenvalue weighted by Crippen LogP contribution is -2.01. The molecule has 25 heavy (non-hydrogen) atoms. The Balaban J connectivity index is 1.60. The molecule has 0 saturated heterocycles. The van der Waals surface area contributed by atoms with E-state index in [-0.39, 0.29) is 5.63 Å². The molecule has 0 fully saturated rings. The van der Waals surface area contributed by atoms with Gasteiger partial charge < -0.3 is 13.6 Å². The molecule has 126 valence electrons. The summed E-state index contributed by atoms with van der Waals surface area (Å²) in [6.07, 6.45) is 5.72. The Bertz CT molecular complexity index is 1060. The van der Waals surface area contributed by atoms with E-state index < -0.39 is 0 Å². The van der Waals surface area contributed by atoms with Crippen molar-refractivity contribution in [2.75, 3.05) is 0 Å². The molecule has 1 aromatic carbocycles. The van der Waals surface area contributed by atoms with Gasteiger partial charge in [0.05, 0.1) is 5.69 Å². The van der Waals surface area contributed by atoms with Gasteiger partial charge in [-0.1, -0.05) is 19.4 Å². The van der Waals surface area contributed by atoms with Crippen molar-refractivity contribution in [3.63, 3.8) is 0 Å². The molecule has 0 bridgehead atoms. The average Bonchev–Trinajstić information content (AvgIpc) is 3.02. The van der Waals surface area contributed by atoms with E-state index >= 15 is 0 Å². The first-order valence-corrected chi connectivity index (χ1v) is 8.35. The van der Waals surface area contributed by atoms with Crippen LogP contribution in [0.2, 0.25) is 0 Å². The zero-order valence-corrected chi connectivity index (χ0v) is 13.9. The highest BCUT2D eigenvalue weighted by atomic mass is 16.5. The minimum Gasteiger partial charge on any atom is -0.487 e. The van der Waals surface area contributed by atoms with Gasteiger partial charge in [0, 0.05) is 29.9 Å². The van der Waals surface area contributed by atoms with Gasteiger partial charge in [0.1, 0.15) is 23.6 Å². The Labute approximate surface area is 144 Å². The first-order chi connectivity index (χ1) is 12.2. The smallest absolute Gasteiger partial charge is 0.336 e. The highest BCUT2D eigenvalue weighted by Crippen LogP contribution is 2.24. The average molecular weight is 334 g/mol. The molecular weight excluding hydrogens is 316 g/mol. The third kappa shape index (κ3) is 3.13. The van der Waals surface area contributed by atoms with Gasteiger partial charge in [-0.05, 0) is 36.2 Å². The summed E-state index contributed by atoms with van der Waals surface area (Å²) in [5.41, 5.74) is 2.97. The molecule has 0 aliphatic heterocycles. The predicted octanol–water partition coefficient (Wildman–Crippen LogP) is 3.97. The Kier molecular flexibility index (Phi) is 3.98. The van der Waals surface area contributed by atoms with Crippen LogP contribution in [0.3, 0.4) is 0 Å². The molecule has 4 rings (SSSR count). The molecule has 0 atom stereocenters. The lowest BCUT2D eigenvalue weighted by Gasteiger charge is -2.07. The number of aromatic nitrogens is 2. The molecular formula is C20H18N2O3. The topological polar surface area (TPSA) is 56.7 Å². The number of imidazole rings is 1. The van der Waals surface area contributed by atoms with Crippen molar-refractivity contribution in [2.45, 2.75) is 26.4 Å². The van der Waals surface area contributed by atoms with Crippen molar-refractivity contribution in [3.8, 4) is 5.75 Å². The molecule has 0 radical (unpaired) electrons. The SMILES string of the molecule is CCCc1cc(=O)oc2cc(OCc3cn4ccccc4n3)ccc12. The van der Waals surface area contributed by atoms with E-state index in [1.165, 1.54) is 0 Å². The molecule has 0 amide bonds. The highest BCUT2D eigenvalue weighted by Gasteiger charge is 2.08. The number of hydrogen-bond acceptors (Lipinski definition) is 4. The summed E-state index contributed by atoms with van der Waals surface area (Å²) in [4.78, 5) is 16.3. The van der Waals surface area contributed by atoms with Crippen LogP contribution in [-0.4, -0.2) is 9.38 Å². The van der Waals surface area contributed by atoms with Crippen LogP contribution < -0.4 is 10.4 Å². The number of ether oxygens (including phenoxy) is 1. The summed E-state index contributed by atoms with van der Waals surface area (Å²) in [5, 5.41) is 0.960. The zero-order valence-electron chi connectivity index (χ0n) is 13.9. The number of pyridine rings is 1. The molecule has 0 spiro atoms. The molecule has 0 unspecified atom stereocenters. The van der Waals surface area contributed by atoms with E-state index in [0.717, 1.165) is 35.1 Å². The first-order valence-electron chi connectivity index (χ1n) is 8.35. The number of rotatable bonds is 5. The summed E-state index contributed by atoms with van der Waals surface area (Å²) in [5.74, 6) is 0.654. The minimum absolute atomic E-state index is 0.326. The van der Waals surface area contributed by atoms with Gasteiger partial charge in [-0.15, -0.1) is 0 Å². The fourth-order valence-electron chi connectivity index (χ4n) is 2.99. The number of fused-ring (bicyclic) bond motifs is 2. The van der Waals surface area contributed by atoms with E-state index in [0.29, 0.717) is 17.9 Å². The molecule has 0 saturated carbocycles. The van der Waals surface area contributed by atoms with Crippen molar-refractivity contribution < 1.29 is 9.15 Å². The van der Waals surface area contributed by atoms with Crippen LogP contribution in [0.1, 0.15) is 24.6 Å². The van der Waals surface area contributed by atoms with Crippen LogP contribution in [0.5, 0.6) is 5.75 Å². The Hall–Kier alpha value is -3.08. The summed E-state index contributed by atoms with van der Waals surface area (Å²) in [7, 11) is 0. The molecule has 0 aliphatic rings. The van der Waals surface area contributed by atoms with Gasteiger partial charge in [0.15, 0.2) is 0 Å². The van der Waals surface area contributed by atoms with Crippen LogP contribution in [0.4, 0.5) is 0 Å². The molecule has 5 heteroatoms. The molecule has 0 N–H and O–H groups in total. The standard InChI is InChI=1S/C20H18N2O3/c1-2-5-14-10-20(23)25-18-11-16(7-8-17(14)18)24-13-15-12-22-9-4-3-6-19(22)21-15/h3-4,6-12H,2,5,13H2,1H3. The Morgan fingerprint density at radius 3 is 2.96 bits per heavy atom. The number of benzene rings is 1. The summed E-state index contributed by atoms with van der Waals surface area (Å²) in [6.45, 7) is 2.44. The summed E-state index contributed by atoms with van der Waals surface area (Å²) in [6, 6.07) is 13.0. The molecule has 3 aromatic heterocycles. The molecule has 3 heterocycles. The normalized spacial score (nSPS) is 11.2. The maximum atomic E-state index is 11.7. The molecule has 0 aliphatic carbocycles. The van der Waals surface area contributed by atoms with Gasteiger partial charge in [-0.2, -0.15) is 0 Å². The lowest BCUT2D eigenvalue weighted by atomic mass is 10.1. The first kappa shape index (κ1) is 15.4. The van der Waals surface area contributed by atoms with Crippen LogP contribution in [0.15, 0.2) is 64.1 Å². The van der Waals surface area contributed by atoms with E-state index in [4.69, 9.17) is 9.15 Å². The van der Waals surface area contributed by atoms with Crippen LogP contribution in [-0.2, 0) is 13.0 Å². The number of hydrogen-bond donors (Lipinski definition) is 0. The van der Waals surface area contributed by atoms with Crippen LogP contribution in [0, 0.1) is 0 Å². The highest BCUT2D eigenvalue weighted by molar-refractivity contribution is 5.81. The van der Waals surface area contributed by atoms with Crippen molar-refractivity contribution >= 4 is 16.6 Å². The van der Waals surface area contributed by atoms with Gasteiger partial charge in [0.25, 0.3) is 0 Å². The van der Waals surface area contributed by atoms with E-state index in [2.05, 4.69) is 11.9 Å². The van der Waals surface area contributed by atoms with Crippen molar-refractivity contribution in [2.24, 2.45) is 0 Å². The second-order valence-corrected chi connectivity index (χ2v) is 5.99. The van der Waals surface area contributed by atoms with Gasteiger partial charge in [-0.25, -0.2) is 9.78 Å². The minimum atomic E-state index is -0.326. The fourth-order valence-corrected chi connectivity index (χ4v) is 2.99. The number of aryl methyl sites for hydroxylation is 1. The molecule has 5 nitrogen and oxygen atoms in total.